The molecule has 14 heteroatoms. The van der Waals surface area contributed by atoms with Crippen LogP contribution >= 0.6 is 0 Å². The minimum absolute atomic E-state index is 0.0151. The molecule has 0 radical (unpaired) electrons. The number of amides is 6. The van der Waals surface area contributed by atoms with Crippen molar-refractivity contribution < 1.29 is 38.4 Å². The van der Waals surface area contributed by atoms with Gasteiger partial charge in [-0.15, -0.1) is 0 Å². The van der Waals surface area contributed by atoms with Crippen LogP contribution in [-0.2, 0) is 41.6 Å². The molecule has 6 amide bonds. The largest absolute Gasteiger partial charge is 0.344 e. The smallest absolute Gasteiger partial charge is 0.251 e. The Morgan fingerprint density at radius 3 is 1.63 bits per heavy atom. The molecule has 0 spiro atoms. The van der Waals surface area contributed by atoms with E-state index in [2.05, 4.69) is 10.6 Å². The van der Waals surface area contributed by atoms with Crippen molar-refractivity contribution in [3.8, 4) is 0 Å². The van der Waals surface area contributed by atoms with Crippen molar-refractivity contribution in [3.63, 3.8) is 0 Å². The first-order chi connectivity index (χ1) is 37.4. The maximum Gasteiger partial charge on any atom is 0.251 e. The third-order valence-electron chi connectivity index (χ3n) is 16.2. The standard InChI is InChI=1S/C65H88N6O8/c1-11-45(4)60(76)67-59(65(8,9)10)63(79)71-35-19-25-53(71)42-68(36-32-46-20-14-12-15-21-46)57(74)31-30-55(72)50-28-26-49-39-51(29-27-48(49)38-50)61(77)66-41-58(75)69(37-33-47-22-16-13-17-23-47)43-52-24-18-34-70(52)62(78)54(64(5,6)7)40-56(73)44(2)3/h12-17,20-23,26-29,38-39,44-45,52-54,59H,11,18-19,24-25,30-37,40-43H2,1-10H3,(H,66,77)(H,67,76)/t45-,52+,53+,54-,59-/m1/s1. The highest BCUT2D eigenvalue weighted by Gasteiger charge is 2.42. The highest BCUT2D eigenvalue weighted by atomic mass is 16.2. The lowest BCUT2D eigenvalue weighted by atomic mass is 9.76. The van der Waals surface area contributed by atoms with Crippen LogP contribution < -0.4 is 10.6 Å². The van der Waals surface area contributed by atoms with Crippen LogP contribution in [0.4, 0.5) is 0 Å². The summed E-state index contributed by atoms with van der Waals surface area (Å²) >= 11 is 0. The molecule has 2 aliphatic rings. The molecule has 2 fully saturated rings. The SMILES string of the molecule is CC[C@@H](C)C(=O)N[C@H](C(=O)N1CCC[C@H]1CN(CCc1ccccc1)C(=O)CCC(=O)c1ccc2cc(C(=O)NCC(=O)N(CCc3ccccc3)C[C@@H]3CCCN3C(=O)[C@@H](CC(=O)C(C)C)C(C)(C)C)ccc2c1)C(C)(C)C. The van der Waals surface area contributed by atoms with Crippen molar-refractivity contribution in [1.29, 1.82) is 0 Å². The molecule has 6 rings (SSSR count). The minimum Gasteiger partial charge on any atom is -0.344 e. The highest BCUT2D eigenvalue weighted by molar-refractivity contribution is 6.04. The third kappa shape index (κ3) is 17.2. The van der Waals surface area contributed by atoms with E-state index in [4.69, 9.17) is 0 Å². The quantitative estimate of drug-likeness (QED) is 0.0618. The second-order valence-electron chi connectivity index (χ2n) is 24.5. The number of fused-ring (bicyclic) bond motifs is 1. The predicted molar refractivity (Wildman–Crippen MR) is 311 cm³/mol. The van der Waals surface area contributed by atoms with E-state index >= 15 is 0 Å². The molecule has 0 aromatic heterocycles. The molecule has 0 unspecified atom stereocenters. The number of Topliss-reactive ketones (excluding diaryl/α,β-unsaturated/α-hetero) is 2. The number of nitrogens with one attached hydrogen (secondary N) is 2. The van der Waals surface area contributed by atoms with Crippen LogP contribution in [0.3, 0.4) is 0 Å². The summed E-state index contributed by atoms with van der Waals surface area (Å²) in [6, 6.07) is 29.0. The summed E-state index contributed by atoms with van der Waals surface area (Å²) < 4.78 is 0. The molecule has 4 aromatic carbocycles. The number of rotatable bonds is 25. The normalized spacial score (nSPS) is 16.8. The molecule has 0 aliphatic carbocycles. The van der Waals surface area contributed by atoms with Gasteiger partial charge in [-0.25, -0.2) is 0 Å². The molecule has 0 saturated carbocycles. The Morgan fingerprint density at radius 2 is 1.13 bits per heavy atom. The van der Waals surface area contributed by atoms with Gasteiger partial charge in [0.1, 0.15) is 11.8 Å². The molecule has 14 nitrogen and oxygen atoms in total. The van der Waals surface area contributed by atoms with E-state index in [0.29, 0.717) is 69.7 Å². The van der Waals surface area contributed by atoms with E-state index in [-0.39, 0.29) is 90.8 Å². The van der Waals surface area contributed by atoms with Gasteiger partial charge in [0, 0.05) is 99.5 Å². The molecule has 0 bridgehead atoms. The minimum atomic E-state index is -0.725. The van der Waals surface area contributed by atoms with Gasteiger partial charge in [0.05, 0.1) is 6.54 Å². The fraction of sp³-hybridized carbons (Fsp3) is 0.538. The predicted octanol–water partition coefficient (Wildman–Crippen LogP) is 9.51. The van der Waals surface area contributed by atoms with Gasteiger partial charge in [0.15, 0.2) is 5.78 Å². The van der Waals surface area contributed by atoms with Gasteiger partial charge in [-0.1, -0.05) is 148 Å². The average Bonchev–Trinajstić information content (AvgIpc) is 4.12. The van der Waals surface area contributed by atoms with E-state index in [1.165, 1.54) is 0 Å². The molecule has 79 heavy (non-hydrogen) atoms. The number of ketones is 2. The summed E-state index contributed by atoms with van der Waals surface area (Å²) in [6.45, 7) is 21.6. The summed E-state index contributed by atoms with van der Waals surface area (Å²) in [5.74, 6) is -2.25. The van der Waals surface area contributed by atoms with E-state index in [9.17, 15) is 38.4 Å². The van der Waals surface area contributed by atoms with Crippen LogP contribution in [0.5, 0.6) is 0 Å². The van der Waals surface area contributed by atoms with Crippen LogP contribution in [0.1, 0.15) is 152 Å². The van der Waals surface area contributed by atoms with Crippen molar-refractivity contribution in [2.45, 2.75) is 152 Å². The zero-order valence-corrected chi connectivity index (χ0v) is 48.8. The Kier molecular flexibility index (Phi) is 21.8. The van der Waals surface area contributed by atoms with Gasteiger partial charge in [0.2, 0.25) is 29.5 Å². The monoisotopic (exact) mass is 1080 g/mol. The maximum absolute atomic E-state index is 14.3. The van der Waals surface area contributed by atoms with Crippen LogP contribution in [0.25, 0.3) is 10.8 Å². The molecular weight excluding hydrogens is 993 g/mol. The Labute approximate surface area is 469 Å². The van der Waals surface area contributed by atoms with Gasteiger partial charge in [-0.05, 0) is 95.9 Å². The highest BCUT2D eigenvalue weighted by Crippen LogP contribution is 2.34. The fourth-order valence-electron chi connectivity index (χ4n) is 10.7. The van der Waals surface area contributed by atoms with Crippen LogP contribution in [0, 0.1) is 28.6 Å². The van der Waals surface area contributed by atoms with E-state index in [0.717, 1.165) is 47.6 Å². The number of nitrogens with zero attached hydrogens (tertiary/aromatic N) is 4. The van der Waals surface area contributed by atoms with E-state index in [1.54, 1.807) is 46.2 Å². The van der Waals surface area contributed by atoms with Crippen molar-refractivity contribution >= 4 is 57.8 Å². The summed E-state index contributed by atoms with van der Waals surface area (Å²) in [5, 5.41) is 7.34. The van der Waals surface area contributed by atoms with Gasteiger partial charge in [0.25, 0.3) is 5.91 Å². The molecule has 2 N–H and O–H groups in total. The van der Waals surface area contributed by atoms with Crippen LogP contribution in [0.2, 0.25) is 0 Å². The molecule has 5 atom stereocenters. The third-order valence-corrected chi connectivity index (χ3v) is 16.2. The molecular formula is C65H88N6O8. The number of benzene rings is 4. The Balaban J connectivity index is 1.09. The van der Waals surface area contributed by atoms with Crippen molar-refractivity contribution in [2.75, 3.05) is 45.8 Å². The Hall–Kier alpha value is -6.70. The Bertz CT molecular complexity index is 2770. The second-order valence-corrected chi connectivity index (χ2v) is 24.5. The van der Waals surface area contributed by atoms with E-state index < -0.39 is 28.7 Å². The van der Waals surface area contributed by atoms with Crippen LogP contribution in [-0.4, -0.2) is 131 Å². The molecule has 2 saturated heterocycles. The van der Waals surface area contributed by atoms with Crippen molar-refractivity contribution in [1.82, 2.24) is 30.2 Å². The Morgan fingerprint density at radius 1 is 0.620 bits per heavy atom. The van der Waals surface area contributed by atoms with E-state index in [1.807, 2.05) is 140 Å². The van der Waals surface area contributed by atoms with Crippen LogP contribution in [0.15, 0.2) is 97.1 Å². The first-order valence-corrected chi connectivity index (χ1v) is 28.9. The summed E-state index contributed by atoms with van der Waals surface area (Å²) in [7, 11) is 0. The molecule has 426 valence electrons. The number of hydrogen-bond acceptors (Lipinski definition) is 8. The lowest BCUT2D eigenvalue weighted by Crippen LogP contribution is -2.57. The summed E-state index contributed by atoms with van der Waals surface area (Å²) in [4.78, 5) is 118. The van der Waals surface area contributed by atoms with Gasteiger partial charge in [-0.2, -0.15) is 0 Å². The number of carbonyl (C=O) groups excluding carboxylic acids is 8. The van der Waals surface area contributed by atoms with Crippen molar-refractivity contribution in [3.05, 3.63) is 119 Å². The first-order valence-electron chi connectivity index (χ1n) is 28.9. The number of likely N-dealkylation sites (tertiary alicyclic amines) is 2. The average molecular weight is 1080 g/mol. The molecule has 2 aliphatic heterocycles. The van der Waals surface area contributed by atoms with Gasteiger partial charge < -0.3 is 30.2 Å². The van der Waals surface area contributed by atoms with Gasteiger partial charge in [-0.3, -0.25) is 38.4 Å². The number of carbonyl (C=O) groups is 8. The lowest BCUT2D eigenvalue weighted by Gasteiger charge is -2.37. The lowest BCUT2D eigenvalue weighted by molar-refractivity contribution is -0.144. The second kappa shape index (κ2) is 27.9. The topological polar surface area (TPSA) is 174 Å². The zero-order valence-electron chi connectivity index (χ0n) is 48.8. The van der Waals surface area contributed by atoms with Gasteiger partial charge >= 0.3 is 0 Å². The van der Waals surface area contributed by atoms with Crippen molar-refractivity contribution in [2.24, 2.45) is 28.6 Å². The molecule has 4 aromatic rings. The molecule has 2 heterocycles. The summed E-state index contributed by atoms with van der Waals surface area (Å²) in [5.41, 5.74) is 1.95. The maximum atomic E-state index is 14.3. The fourth-order valence-corrected chi connectivity index (χ4v) is 10.7. The number of hydrogen-bond donors (Lipinski definition) is 2. The summed E-state index contributed by atoms with van der Waals surface area (Å²) in [6.07, 6.45) is 5.02. The zero-order chi connectivity index (χ0) is 57.6. The first kappa shape index (κ1) is 61.5.